The first kappa shape index (κ1) is 11.8. The highest BCUT2D eigenvalue weighted by Gasteiger charge is 2.10. The van der Waals surface area contributed by atoms with Crippen LogP contribution in [-0.4, -0.2) is 28.1 Å². The SMILES string of the molecule is CC(C)CCC(=O)N(C)Cc1cn[nH]c1. The van der Waals surface area contributed by atoms with Gasteiger partial charge in [0.2, 0.25) is 5.91 Å². The van der Waals surface area contributed by atoms with Gasteiger partial charge in [0.25, 0.3) is 0 Å². The highest BCUT2D eigenvalue weighted by molar-refractivity contribution is 5.75. The van der Waals surface area contributed by atoms with Crippen LogP contribution in [0.3, 0.4) is 0 Å². The molecule has 1 heterocycles. The van der Waals surface area contributed by atoms with Crippen molar-refractivity contribution in [2.75, 3.05) is 7.05 Å². The Labute approximate surface area is 90.7 Å². The summed E-state index contributed by atoms with van der Waals surface area (Å²) in [7, 11) is 1.83. The maximum atomic E-state index is 11.7. The molecule has 1 aromatic heterocycles. The van der Waals surface area contributed by atoms with Crippen molar-refractivity contribution < 1.29 is 4.79 Å². The van der Waals surface area contributed by atoms with E-state index in [2.05, 4.69) is 24.0 Å². The second kappa shape index (κ2) is 5.53. The van der Waals surface area contributed by atoms with E-state index >= 15 is 0 Å². The quantitative estimate of drug-likeness (QED) is 0.804. The first-order chi connectivity index (χ1) is 7.09. The Hall–Kier alpha value is -1.32. The van der Waals surface area contributed by atoms with E-state index in [0.29, 0.717) is 18.9 Å². The molecule has 0 saturated carbocycles. The first-order valence-electron chi connectivity index (χ1n) is 5.31. The van der Waals surface area contributed by atoms with Crippen LogP contribution in [0.1, 0.15) is 32.3 Å². The van der Waals surface area contributed by atoms with Crippen molar-refractivity contribution in [2.24, 2.45) is 5.92 Å². The minimum Gasteiger partial charge on any atom is -0.341 e. The maximum Gasteiger partial charge on any atom is 0.222 e. The summed E-state index contributed by atoms with van der Waals surface area (Å²) in [6.45, 7) is 4.89. The number of carbonyl (C=O) groups excluding carboxylic acids is 1. The predicted octanol–water partition coefficient (Wildman–Crippen LogP) is 1.80. The number of rotatable bonds is 5. The van der Waals surface area contributed by atoms with Gasteiger partial charge in [-0.2, -0.15) is 5.10 Å². The fraction of sp³-hybridized carbons (Fsp3) is 0.636. The molecule has 4 heteroatoms. The van der Waals surface area contributed by atoms with Crippen molar-refractivity contribution in [3.05, 3.63) is 18.0 Å². The van der Waals surface area contributed by atoms with Gasteiger partial charge in [0, 0.05) is 31.8 Å². The number of carbonyl (C=O) groups is 1. The number of aromatic nitrogens is 2. The minimum atomic E-state index is 0.199. The molecule has 0 aliphatic heterocycles. The Bertz CT molecular complexity index is 293. The molecule has 1 N–H and O–H groups in total. The van der Waals surface area contributed by atoms with Crippen LogP contribution in [0, 0.1) is 5.92 Å². The van der Waals surface area contributed by atoms with Gasteiger partial charge in [-0.15, -0.1) is 0 Å². The molecule has 0 unspecified atom stereocenters. The molecule has 1 aromatic rings. The first-order valence-corrected chi connectivity index (χ1v) is 5.31. The van der Waals surface area contributed by atoms with E-state index in [1.165, 1.54) is 0 Å². The third-order valence-electron chi connectivity index (χ3n) is 2.34. The van der Waals surface area contributed by atoms with Gasteiger partial charge >= 0.3 is 0 Å². The van der Waals surface area contributed by atoms with Crippen LogP contribution < -0.4 is 0 Å². The molecule has 84 valence electrons. The van der Waals surface area contributed by atoms with Crippen molar-refractivity contribution in [3.63, 3.8) is 0 Å². The number of nitrogens with zero attached hydrogens (tertiary/aromatic N) is 2. The molecule has 1 amide bonds. The number of amides is 1. The summed E-state index contributed by atoms with van der Waals surface area (Å²) in [6.07, 6.45) is 5.14. The molecule has 4 nitrogen and oxygen atoms in total. The largest absolute Gasteiger partial charge is 0.341 e. The molecule has 0 radical (unpaired) electrons. The maximum absolute atomic E-state index is 11.7. The summed E-state index contributed by atoms with van der Waals surface area (Å²) < 4.78 is 0. The summed E-state index contributed by atoms with van der Waals surface area (Å²) in [5, 5.41) is 6.58. The highest BCUT2D eigenvalue weighted by atomic mass is 16.2. The zero-order chi connectivity index (χ0) is 11.3. The van der Waals surface area contributed by atoms with Crippen molar-refractivity contribution in [1.29, 1.82) is 0 Å². The summed E-state index contributed by atoms with van der Waals surface area (Å²) in [6, 6.07) is 0. The summed E-state index contributed by atoms with van der Waals surface area (Å²) in [4.78, 5) is 13.4. The normalized spacial score (nSPS) is 10.7. The zero-order valence-electron chi connectivity index (χ0n) is 9.66. The van der Waals surface area contributed by atoms with Gasteiger partial charge in [-0.25, -0.2) is 0 Å². The monoisotopic (exact) mass is 209 g/mol. The lowest BCUT2D eigenvalue weighted by Gasteiger charge is -2.16. The van der Waals surface area contributed by atoms with Crippen LogP contribution in [0.15, 0.2) is 12.4 Å². The van der Waals surface area contributed by atoms with Gasteiger partial charge in [0.05, 0.1) is 6.20 Å². The van der Waals surface area contributed by atoms with Crippen LogP contribution in [0.4, 0.5) is 0 Å². The second-order valence-corrected chi connectivity index (χ2v) is 4.29. The number of hydrogen-bond donors (Lipinski definition) is 1. The van der Waals surface area contributed by atoms with Crippen molar-refractivity contribution >= 4 is 5.91 Å². The topological polar surface area (TPSA) is 49.0 Å². The summed E-state index contributed by atoms with van der Waals surface area (Å²) >= 11 is 0. The molecule has 1 rings (SSSR count). The van der Waals surface area contributed by atoms with E-state index in [1.54, 1.807) is 11.1 Å². The molecular formula is C11H19N3O. The Balaban J connectivity index is 2.33. The summed E-state index contributed by atoms with van der Waals surface area (Å²) in [5.41, 5.74) is 1.04. The van der Waals surface area contributed by atoms with E-state index in [0.717, 1.165) is 12.0 Å². The number of aromatic amines is 1. The zero-order valence-corrected chi connectivity index (χ0v) is 9.66. The third kappa shape index (κ3) is 4.14. The predicted molar refractivity (Wildman–Crippen MR) is 59.1 cm³/mol. The average Bonchev–Trinajstić information content (AvgIpc) is 2.66. The van der Waals surface area contributed by atoms with Crippen LogP contribution in [-0.2, 0) is 11.3 Å². The van der Waals surface area contributed by atoms with E-state index in [9.17, 15) is 4.79 Å². The smallest absolute Gasteiger partial charge is 0.222 e. The van der Waals surface area contributed by atoms with Gasteiger partial charge in [-0.1, -0.05) is 13.8 Å². The number of nitrogens with one attached hydrogen (secondary N) is 1. The molecule has 0 spiro atoms. The van der Waals surface area contributed by atoms with E-state index in [4.69, 9.17) is 0 Å². The van der Waals surface area contributed by atoms with E-state index < -0.39 is 0 Å². The molecule has 0 aliphatic carbocycles. The fourth-order valence-corrected chi connectivity index (χ4v) is 1.33. The molecule has 15 heavy (non-hydrogen) atoms. The Kier molecular flexibility index (Phi) is 4.34. The molecule has 0 atom stereocenters. The van der Waals surface area contributed by atoms with Gasteiger partial charge in [0.15, 0.2) is 0 Å². The summed E-state index contributed by atoms with van der Waals surface area (Å²) in [5.74, 6) is 0.779. The van der Waals surface area contributed by atoms with Crippen molar-refractivity contribution in [1.82, 2.24) is 15.1 Å². The lowest BCUT2D eigenvalue weighted by molar-refractivity contribution is -0.130. The lowest BCUT2D eigenvalue weighted by atomic mass is 10.1. The molecular weight excluding hydrogens is 190 g/mol. The van der Waals surface area contributed by atoms with E-state index in [-0.39, 0.29) is 5.91 Å². The van der Waals surface area contributed by atoms with Crippen molar-refractivity contribution in [3.8, 4) is 0 Å². The van der Waals surface area contributed by atoms with Gasteiger partial charge in [-0.3, -0.25) is 9.89 Å². The van der Waals surface area contributed by atoms with Crippen LogP contribution in [0.25, 0.3) is 0 Å². The Morgan fingerprint density at radius 2 is 2.33 bits per heavy atom. The Morgan fingerprint density at radius 1 is 1.60 bits per heavy atom. The minimum absolute atomic E-state index is 0.199. The highest BCUT2D eigenvalue weighted by Crippen LogP contribution is 2.07. The van der Waals surface area contributed by atoms with Crippen LogP contribution >= 0.6 is 0 Å². The average molecular weight is 209 g/mol. The second-order valence-electron chi connectivity index (χ2n) is 4.29. The molecule has 0 bridgehead atoms. The van der Waals surface area contributed by atoms with E-state index in [1.807, 2.05) is 13.2 Å². The van der Waals surface area contributed by atoms with Crippen LogP contribution in [0.2, 0.25) is 0 Å². The van der Waals surface area contributed by atoms with Gasteiger partial charge in [-0.05, 0) is 12.3 Å². The van der Waals surface area contributed by atoms with Crippen LogP contribution in [0.5, 0.6) is 0 Å². The number of hydrogen-bond acceptors (Lipinski definition) is 2. The van der Waals surface area contributed by atoms with Gasteiger partial charge < -0.3 is 4.90 Å². The lowest BCUT2D eigenvalue weighted by Crippen LogP contribution is -2.26. The molecule has 0 aromatic carbocycles. The fourth-order valence-electron chi connectivity index (χ4n) is 1.33. The third-order valence-corrected chi connectivity index (χ3v) is 2.34. The Morgan fingerprint density at radius 3 is 2.87 bits per heavy atom. The van der Waals surface area contributed by atoms with Gasteiger partial charge in [0.1, 0.15) is 0 Å². The molecule has 0 fully saturated rings. The number of H-pyrrole nitrogens is 1. The molecule has 0 saturated heterocycles. The van der Waals surface area contributed by atoms with Crippen molar-refractivity contribution in [2.45, 2.75) is 33.2 Å². The standard InChI is InChI=1S/C11H19N3O/c1-9(2)4-5-11(15)14(3)8-10-6-12-13-7-10/h6-7,9H,4-5,8H2,1-3H3,(H,12,13). The molecule has 0 aliphatic rings.